The van der Waals surface area contributed by atoms with E-state index in [1.54, 1.807) is 30.3 Å². The molecule has 2 aromatic carbocycles. The van der Waals surface area contributed by atoms with Crippen LogP contribution in [0.3, 0.4) is 0 Å². The fraction of sp³-hybridized carbons (Fsp3) is 0.263. The van der Waals surface area contributed by atoms with E-state index in [0.29, 0.717) is 5.69 Å². The lowest BCUT2D eigenvalue weighted by atomic mass is 10.2. The molecule has 0 aliphatic carbocycles. The first-order valence-electron chi connectivity index (χ1n) is 8.27. The first-order chi connectivity index (χ1) is 12.7. The van der Waals surface area contributed by atoms with E-state index in [2.05, 4.69) is 21.2 Å². The number of carbonyl (C=O) groups excluding carboxylic acids is 2. The van der Waals surface area contributed by atoms with Gasteiger partial charge in [-0.3, -0.25) is 9.59 Å². The van der Waals surface area contributed by atoms with E-state index in [1.165, 1.54) is 24.1 Å². The molecule has 0 fully saturated rings. The molecule has 0 saturated heterocycles. The Labute approximate surface area is 167 Å². The lowest BCUT2D eigenvalue weighted by molar-refractivity contribution is -0.132. The summed E-state index contributed by atoms with van der Waals surface area (Å²) < 4.78 is 25.4. The largest absolute Gasteiger partial charge is 0.336 e. The molecule has 0 heterocycles. The van der Waals surface area contributed by atoms with Gasteiger partial charge in [-0.1, -0.05) is 29.8 Å². The van der Waals surface area contributed by atoms with E-state index < -0.39 is 15.7 Å². The number of aryl methyl sites for hydroxylation is 1. The predicted octanol–water partition coefficient (Wildman–Crippen LogP) is 3.02. The summed E-state index contributed by atoms with van der Waals surface area (Å²) >= 11 is 3.33. The van der Waals surface area contributed by atoms with E-state index in [4.69, 9.17) is 0 Å². The van der Waals surface area contributed by atoms with Crippen LogP contribution < -0.4 is 5.32 Å². The maximum atomic E-state index is 12.3. The van der Waals surface area contributed by atoms with Crippen molar-refractivity contribution in [2.75, 3.05) is 24.7 Å². The molecule has 144 valence electrons. The fourth-order valence-electron chi connectivity index (χ4n) is 2.33. The third kappa shape index (κ3) is 6.18. The molecule has 0 bridgehead atoms. The van der Waals surface area contributed by atoms with Gasteiger partial charge in [0.25, 0.3) is 0 Å². The van der Waals surface area contributed by atoms with Crippen molar-refractivity contribution in [3.63, 3.8) is 0 Å². The van der Waals surface area contributed by atoms with E-state index >= 15 is 0 Å². The molecular weight excluding hydrogens is 432 g/mol. The molecule has 27 heavy (non-hydrogen) atoms. The minimum Gasteiger partial charge on any atom is -0.336 e. The average Bonchev–Trinajstić information content (AvgIpc) is 2.62. The van der Waals surface area contributed by atoms with E-state index in [1.807, 2.05) is 13.0 Å². The fourth-order valence-corrected chi connectivity index (χ4v) is 3.95. The summed E-state index contributed by atoms with van der Waals surface area (Å²) in [5.74, 6) is -1.07. The zero-order valence-corrected chi connectivity index (χ0v) is 17.5. The number of hydrogen-bond donors (Lipinski definition) is 1. The van der Waals surface area contributed by atoms with Crippen LogP contribution in [0.5, 0.6) is 0 Å². The van der Waals surface area contributed by atoms with Crippen LogP contribution in [0.4, 0.5) is 5.69 Å². The van der Waals surface area contributed by atoms with Crippen LogP contribution in [0.1, 0.15) is 12.0 Å². The summed E-state index contributed by atoms with van der Waals surface area (Å²) in [7, 11) is -2.07. The van der Waals surface area contributed by atoms with Gasteiger partial charge in [-0.15, -0.1) is 0 Å². The van der Waals surface area contributed by atoms with Crippen molar-refractivity contribution < 1.29 is 18.0 Å². The molecule has 0 aliphatic rings. The molecule has 0 radical (unpaired) electrons. The summed E-state index contributed by atoms with van der Waals surface area (Å²) in [6, 6.07) is 13.6. The van der Waals surface area contributed by atoms with Crippen LogP contribution >= 0.6 is 15.9 Å². The number of hydrogen-bond acceptors (Lipinski definition) is 4. The van der Waals surface area contributed by atoms with E-state index in [9.17, 15) is 18.0 Å². The van der Waals surface area contributed by atoms with Crippen LogP contribution in [0.2, 0.25) is 0 Å². The number of rotatable bonds is 7. The summed E-state index contributed by atoms with van der Waals surface area (Å²) in [6.07, 6.45) is -0.185. The number of nitrogens with zero attached hydrogens (tertiary/aromatic N) is 1. The second kappa shape index (κ2) is 9.14. The van der Waals surface area contributed by atoms with Crippen molar-refractivity contribution >= 4 is 43.3 Å². The van der Waals surface area contributed by atoms with Crippen molar-refractivity contribution in [2.24, 2.45) is 0 Å². The Morgan fingerprint density at radius 3 is 2.33 bits per heavy atom. The molecule has 1 N–H and O–H groups in total. The number of anilines is 1. The smallest absolute Gasteiger partial charge is 0.244 e. The highest BCUT2D eigenvalue weighted by molar-refractivity contribution is 9.10. The molecule has 0 saturated carbocycles. The zero-order chi connectivity index (χ0) is 20.0. The average molecular weight is 453 g/mol. The van der Waals surface area contributed by atoms with Crippen molar-refractivity contribution in [2.45, 2.75) is 18.2 Å². The minimum atomic E-state index is -3.54. The number of carbonyl (C=O) groups is 2. The molecule has 0 aliphatic heterocycles. The summed E-state index contributed by atoms with van der Waals surface area (Å²) in [5.41, 5.74) is 1.56. The topological polar surface area (TPSA) is 83.6 Å². The van der Waals surface area contributed by atoms with Gasteiger partial charge in [0.05, 0.1) is 22.9 Å². The Kier molecular flexibility index (Phi) is 7.15. The van der Waals surface area contributed by atoms with Crippen molar-refractivity contribution in [1.82, 2.24) is 4.90 Å². The first-order valence-corrected chi connectivity index (χ1v) is 10.7. The third-order valence-corrected chi connectivity index (χ3v) is 6.34. The van der Waals surface area contributed by atoms with Crippen molar-refractivity contribution in [1.29, 1.82) is 0 Å². The molecular formula is C19H21BrN2O4S. The predicted molar refractivity (Wildman–Crippen MR) is 108 cm³/mol. The van der Waals surface area contributed by atoms with Gasteiger partial charge in [-0.05, 0) is 47.1 Å². The second-order valence-corrected chi connectivity index (χ2v) is 9.12. The minimum absolute atomic E-state index is 0.162. The third-order valence-electron chi connectivity index (χ3n) is 3.92. The molecule has 2 aromatic rings. The molecule has 0 spiro atoms. The number of para-hydroxylation sites is 1. The molecule has 2 rings (SSSR count). The van der Waals surface area contributed by atoms with Gasteiger partial charge in [0.1, 0.15) is 0 Å². The van der Waals surface area contributed by atoms with Crippen LogP contribution in [0.25, 0.3) is 0 Å². The van der Waals surface area contributed by atoms with E-state index in [0.717, 1.165) is 10.0 Å². The number of nitrogens with one attached hydrogen (secondary N) is 1. The molecule has 0 atom stereocenters. The van der Waals surface area contributed by atoms with Gasteiger partial charge in [0.15, 0.2) is 9.84 Å². The normalized spacial score (nSPS) is 11.1. The van der Waals surface area contributed by atoms with Gasteiger partial charge in [-0.2, -0.15) is 0 Å². The van der Waals surface area contributed by atoms with Crippen LogP contribution in [-0.2, 0) is 19.4 Å². The summed E-state index contributed by atoms with van der Waals surface area (Å²) in [5, 5.41) is 2.70. The van der Waals surface area contributed by atoms with Crippen molar-refractivity contribution in [3.05, 3.63) is 58.6 Å². The molecule has 0 unspecified atom stereocenters. The molecule has 2 amide bonds. The summed E-state index contributed by atoms with van der Waals surface area (Å²) in [6.45, 7) is 1.71. The van der Waals surface area contributed by atoms with Crippen LogP contribution in [0.15, 0.2) is 57.9 Å². The highest BCUT2D eigenvalue weighted by atomic mass is 79.9. The maximum Gasteiger partial charge on any atom is 0.244 e. The highest BCUT2D eigenvalue weighted by Crippen LogP contribution is 2.21. The second-order valence-electron chi connectivity index (χ2n) is 6.16. The standard InChI is InChI=1S/C19H21BrN2O4S/c1-14-7-9-15(10-8-14)27(25,26)12-11-19(24)22(2)13-18(23)21-17-6-4-3-5-16(17)20/h3-10H,11-13H2,1-2H3,(H,21,23). The first kappa shape index (κ1) is 21.1. The Morgan fingerprint density at radius 2 is 1.70 bits per heavy atom. The SMILES string of the molecule is Cc1ccc(S(=O)(=O)CCC(=O)N(C)CC(=O)Nc2ccccc2Br)cc1. The maximum absolute atomic E-state index is 12.3. The zero-order valence-electron chi connectivity index (χ0n) is 15.1. The Morgan fingerprint density at radius 1 is 1.07 bits per heavy atom. The van der Waals surface area contributed by atoms with Gasteiger partial charge < -0.3 is 10.2 Å². The molecule has 8 heteroatoms. The van der Waals surface area contributed by atoms with Gasteiger partial charge in [0, 0.05) is 17.9 Å². The Bertz CT molecular complexity index is 927. The highest BCUT2D eigenvalue weighted by Gasteiger charge is 2.19. The number of halogens is 1. The van der Waals surface area contributed by atoms with Crippen LogP contribution in [0, 0.1) is 6.92 Å². The van der Waals surface area contributed by atoms with E-state index in [-0.39, 0.29) is 29.5 Å². The Hall–Kier alpha value is -2.19. The lowest BCUT2D eigenvalue weighted by Gasteiger charge is -2.17. The number of benzene rings is 2. The number of amides is 2. The van der Waals surface area contributed by atoms with Gasteiger partial charge in [0.2, 0.25) is 11.8 Å². The van der Waals surface area contributed by atoms with Crippen LogP contribution in [-0.4, -0.2) is 44.5 Å². The monoisotopic (exact) mass is 452 g/mol. The van der Waals surface area contributed by atoms with Gasteiger partial charge in [-0.25, -0.2) is 8.42 Å². The lowest BCUT2D eigenvalue weighted by Crippen LogP contribution is -2.35. The number of sulfone groups is 1. The quantitative estimate of drug-likeness (QED) is 0.699. The number of likely N-dealkylation sites (N-methyl/N-ethyl adjacent to an activating group) is 1. The molecule has 0 aromatic heterocycles. The van der Waals surface area contributed by atoms with Gasteiger partial charge >= 0.3 is 0 Å². The Balaban J connectivity index is 1.88. The van der Waals surface area contributed by atoms with Crippen molar-refractivity contribution in [3.8, 4) is 0 Å². The summed E-state index contributed by atoms with van der Waals surface area (Å²) in [4.78, 5) is 25.7. The molecule has 6 nitrogen and oxygen atoms in total.